The van der Waals surface area contributed by atoms with Gasteiger partial charge >= 0.3 is 0 Å². The third-order valence-corrected chi connectivity index (χ3v) is 4.69. The number of hydrogen-bond acceptors (Lipinski definition) is 2. The number of hydrogen-bond donors (Lipinski definition) is 0. The molecule has 3 rings (SSSR count). The van der Waals surface area contributed by atoms with Crippen molar-refractivity contribution in [2.45, 2.75) is 18.8 Å². The molecule has 1 unspecified atom stereocenters. The van der Waals surface area contributed by atoms with Gasteiger partial charge in [0.1, 0.15) is 0 Å². The van der Waals surface area contributed by atoms with Crippen LogP contribution in [0, 0.1) is 0 Å². The van der Waals surface area contributed by atoms with Gasteiger partial charge in [0.05, 0.1) is 16.6 Å². The van der Waals surface area contributed by atoms with Gasteiger partial charge in [-0.25, -0.2) is 0 Å². The van der Waals surface area contributed by atoms with Crippen LogP contribution in [0.1, 0.15) is 34.0 Å². The molecule has 1 aromatic carbocycles. The molecule has 1 heterocycles. The molecule has 0 spiro atoms. The maximum absolute atomic E-state index is 12.6. The summed E-state index contributed by atoms with van der Waals surface area (Å²) in [4.78, 5) is 16.9. The minimum atomic E-state index is -0.121. The summed E-state index contributed by atoms with van der Waals surface area (Å²) in [7, 11) is 0. The van der Waals surface area contributed by atoms with Crippen LogP contribution < -0.4 is 0 Å². The lowest BCUT2D eigenvalue weighted by atomic mass is 9.95. The van der Waals surface area contributed by atoms with Crippen LogP contribution in [-0.4, -0.2) is 10.8 Å². The van der Waals surface area contributed by atoms with Crippen LogP contribution in [0.5, 0.6) is 0 Å². The summed E-state index contributed by atoms with van der Waals surface area (Å²) in [5.41, 5.74) is 2.80. The average Bonchev–Trinajstić information content (AvgIpc) is 2.85. The van der Waals surface area contributed by atoms with Gasteiger partial charge in [-0.15, -0.1) is 0 Å². The van der Waals surface area contributed by atoms with Crippen molar-refractivity contribution in [2.24, 2.45) is 0 Å². The molecule has 2 aromatic rings. The Labute approximate surface area is 124 Å². The summed E-state index contributed by atoms with van der Waals surface area (Å²) in [6.07, 6.45) is 3.52. The summed E-state index contributed by atoms with van der Waals surface area (Å²) in [6.45, 7) is 0. The Bertz CT molecular complexity index is 656. The third kappa shape index (κ3) is 2.33. The van der Waals surface area contributed by atoms with Gasteiger partial charge < -0.3 is 0 Å². The Morgan fingerprint density at radius 2 is 2.21 bits per heavy atom. The minimum Gasteiger partial charge on any atom is -0.293 e. The fraction of sp³-hybridized carbons (Fsp3) is 0.200. The van der Waals surface area contributed by atoms with Crippen molar-refractivity contribution in [3.05, 3.63) is 62.8 Å². The van der Waals surface area contributed by atoms with Gasteiger partial charge in [0.25, 0.3) is 0 Å². The zero-order chi connectivity index (χ0) is 13.4. The van der Waals surface area contributed by atoms with Crippen LogP contribution in [0.15, 0.2) is 41.0 Å². The van der Waals surface area contributed by atoms with Crippen LogP contribution in [-0.2, 0) is 6.42 Å². The fourth-order valence-electron chi connectivity index (χ4n) is 2.52. The smallest absolute Gasteiger partial charge is 0.171 e. The van der Waals surface area contributed by atoms with Crippen molar-refractivity contribution in [1.29, 1.82) is 0 Å². The van der Waals surface area contributed by atoms with Gasteiger partial charge in [0, 0.05) is 16.2 Å². The van der Waals surface area contributed by atoms with Gasteiger partial charge in [-0.3, -0.25) is 9.78 Å². The monoisotopic (exact) mass is 335 g/mol. The van der Waals surface area contributed by atoms with Crippen molar-refractivity contribution in [3.8, 4) is 0 Å². The molecule has 1 aromatic heterocycles. The first-order chi connectivity index (χ1) is 9.16. The number of carbonyl (C=O) groups excluding carboxylic acids is 1. The van der Waals surface area contributed by atoms with E-state index in [1.807, 2.05) is 12.1 Å². The number of benzene rings is 1. The maximum Gasteiger partial charge on any atom is 0.171 e. The minimum absolute atomic E-state index is 0.120. The van der Waals surface area contributed by atoms with Crippen molar-refractivity contribution >= 4 is 33.3 Å². The first-order valence-electron chi connectivity index (χ1n) is 6.10. The Morgan fingerprint density at radius 3 is 3.00 bits per heavy atom. The highest BCUT2D eigenvalue weighted by molar-refractivity contribution is 9.10. The summed E-state index contributed by atoms with van der Waals surface area (Å²) < 4.78 is 0.749. The topological polar surface area (TPSA) is 30.0 Å². The molecule has 2 nitrogen and oxygen atoms in total. The highest BCUT2D eigenvalue weighted by Gasteiger charge is 2.30. The van der Waals surface area contributed by atoms with E-state index in [0.29, 0.717) is 10.6 Å². The number of halogens is 2. The normalized spacial score (nSPS) is 17.3. The molecule has 1 aliphatic rings. The van der Waals surface area contributed by atoms with E-state index in [9.17, 15) is 4.79 Å². The van der Waals surface area contributed by atoms with E-state index >= 15 is 0 Å². The molecule has 0 radical (unpaired) electrons. The Balaban J connectivity index is 1.95. The number of aryl methyl sites for hydroxylation is 1. The standard InChI is InChI=1S/C15H11BrClNO/c16-12-8-10(4-6-13(12)17)15(19)11-5-3-9-2-1-7-18-14(9)11/h1-2,4,6-8,11H,3,5H2. The Hall–Kier alpha value is -1.19. The molecule has 0 fully saturated rings. The third-order valence-electron chi connectivity index (χ3n) is 3.48. The quantitative estimate of drug-likeness (QED) is 0.760. The van der Waals surface area contributed by atoms with Crippen LogP contribution >= 0.6 is 27.5 Å². The van der Waals surface area contributed by atoms with Crippen LogP contribution in [0.25, 0.3) is 0 Å². The summed E-state index contributed by atoms with van der Waals surface area (Å²) >= 11 is 9.31. The van der Waals surface area contributed by atoms with E-state index in [2.05, 4.69) is 20.9 Å². The summed E-state index contributed by atoms with van der Waals surface area (Å²) in [5.74, 6) is -0.000841. The molecule has 0 N–H and O–H groups in total. The molecule has 1 atom stereocenters. The Morgan fingerprint density at radius 1 is 1.37 bits per heavy atom. The first-order valence-corrected chi connectivity index (χ1v) is 7.27. The van der Waals surface area contributed by atoms with Crippen molar-refractivity contribution in [3.63, 3.8) is 0 Å². The van der Waals surface area contributed by atoms with Crippen molar-refractivity contribution in [2.75, 3.05) is 0 Å². The van der Waals surface area contributed by atoms with Gasteiger partial charge in [-0.1, -0.05) is 17.7 Å². The van der Waals surface area contributed by atoms with E-state index in [1.165, 1.54) is 5.56 Å². The van der Waals surface area contributed by atoms with Crippen LogP contribution in [0.4, 0.5) is 0 Å². The number of ketones is 1. The van der Waals surface area contributed by atoms with E-state index in [4.69, 9.17) is 11.6 Å². The predicted octanol–water partition coefficient (Wildman–Crippen LogP) is 4.41. The lowest BCUT2D eigenvalue weighted by Gasteiger charge is -2.10. The maximum atomic E-state index is 12.6. The summed E-state index contributed by atoms with van der Waals surface area (Å²) in [6, 6.07) is 9.27. The molecule has 0 bridgehead atoms. The Kier molecular flexibility index (Phi) is 3.42. The summed E-state index contributed by atoms with van der Waals surface area (Å²) in [5, 5.41) is 0.612. The lowest BCUT2D eigenvalue weighted by molar-refractivity contribution is 0.0958. The molecule has 0 saturated carbocycles. The highest BCUT2D eigenvalue weighted by Crippen LogP contribution is 2.34. The molecule has 1 aliphatic carbocycles. The van der Waals surface area contributed by atoms with Gasteiger partial charge in [0.15, 0.2) is 5.78 Å². The highest BCUT2D eigenvalue weighted by atomic mass is 79.9. The largest absolute Gasteiger partial charge is 0.293 e. The molecular weight excluding hydrogens is 326 g/mol. The number of Topliss-reactive ketones (excluding diaryl/α,β-unsaturated/α-hetero) is 1. The molecule has 96 valence electrons. The van der Waals surface area contributed by atoms with Crippen LogP contribution in [0.2, 0.25) is 5.02 Å². The second-order valence-electron chi connectivity index (χ2n) is 4.63. The zero-order valence-electron chi connectivity index (χ0n) is 10.1. The van der Waals surface area contributed by atoms with Gasteiger partial charge in [-0.05, 0) is 58.6 Å². The lowest BCUT2D eigenvalue weighted by Crippen LogP contribution is -2.11. The second kappa shape index (κ2) is 5.06. The zero-order valence-corrected chi connectivity index (χ0v) is 12.4. The number of rotatable bonds is 2. The predicted molar refractivity (Wildman–Crippen MR) is 78.8 cm³/mol. The fourth-order valence-corrected chi connectivity index (χ4v) is 3.01. The average molecular weight is 337 g/mol. The molecule has 0 saturated heterocycles. The molecule has 19 heavy (non-hydrogen) atoms. The van der Waals surface area contributed by atoms with Crippen molar-refractivity contribution in [1.82, 2.24) is 4.98 Å². The van der Waals surface area contributed by atoms with E-state index in [-0.39, 0.29) is 11.7 Å². The van der Waals surface area contributed by atoms with Gasteiger partial charge in [0.2, 0.25) is 0 Å². The number of pyridine rings is 1. The van der Waals surface area contributed by atoms with Crippen LogP contribution in [0.3, 0.4) is 0 Å². The van der Waals surface area contributed by atoms with E-state index < -0.39 is 0 Å². The second-order valence-corrected chi connectivity index (χ2v) is 5.89. The van der Waals surface area contributed by atoms with Crippen molar-refractivity contribution < 1.29 is 4.79 Å². The van der Waals surface area contributed by atoms with Gasteiger partial charge in [-0.2, -0.15) is 0 Å². The molecule has 0 aliphatic heterocycles. The van der Waals surface area contributed by atoms with E-state index in [0.717, 1.165) is 23.0 Å². The number of carbonyl (C=O) groups is 1. The number of fused-ring (bicyclic) bond motifs is 1. The molecule has 0 amide bonds. The van der Waals surface area contributed by atoms with E-state index in [1.54, 1.807) is 24.4 Å². The number of aromatic nitrogens is 1. The SMILES string of the molecule is O=C(c1ccc(Cl)c(Br)c1)C1CCc2cccnc21. The molecular formula is C15H11BrClNO. The molecule has 4 heteroatoms. The first kappa shape index (κ1) is 12.8. The number of nitrogens with zero attached hydrogens (tertiary/aromatic N) is 1.